The normalized spacial score (nSPS) is 12.4. The molecule has 0 aliphatic rings. The highest BCUT2D eigenvalue weighted by Gasteiger charge is 2.16. The summed E-state index contributed by atoms with van der Waals surface area (Å²) < 4.78 is 0. The van der Waals surface area contributed by atoms with E-state index in [0.29, 0.717) is 12.1 Å². The van der Waals surface area contributed by atoms with E-state index in [1.54, 1.807) is 6.07 Å². The van der Waals surface area contributed by atoms with Crippen LogP contribution < -0.4 is 5.32 Å². The molecule has 18 heavy (non-hydrogen) atoms. The number of hydrogen-bond acceptors (Lipinski definition) is 4. The molecule has 0 heterocycles. The third kappa shape index (κ3) is 4.25. The predicted molar refractivity (Wildman–Crippen MR) is 70.8 cm³/mol. The number of aliphatic hydroxyl groups excluding tert-OH is 1. The van der Waals surface area contributed by atoms with Crippen molar-refractivity contribution in [1.29, 1.82) is 0 Å². The molecule has 0 aliphatic heterocycles. The average Bonchev–Trinajstić information content (AvgIpc) is 2.34. The van der Waals surface area contributed by atoms with Gasteiger partial charge in [0.2, 0.25) is 0 Å². The number of rotatable bonds is 7. The Morgan fingerprint density at radius 2 is 2.28 bits per heavy atom. The highest BCUT2D eigenvalue weighted by molar-refractivity contribution is 6.32. The second-order valence-electron chi connectivity index (χ2n) is 4.04. The van der Waals surface area contributed by atoms with Crippen LogP contribution in [0, 0.1) is 10.1 Å². The van der Waals surface area contributed by atoms with Crippen LogP contribution in [0.1, 0.15) is 31.4 Å². The SMILES string of the molecule is CCCCNCC(O)c1ccc(Cl)c([N+](=O)[O-])c1. The number of nitro benzene ring substituents is 1. The molecule has 0 saturated heterocycles. The zero-order valence-electron chi connectivity index (χ0n) is 10.2. The smallest absolute Gasteiger partial charge is 0.288 e. The summed E-state index contributed by atoms with van der Waals surface area (Å²) in [6.45, 7) is 3.28. The van der Waals surface area contributed by atoms with Crippen LogP contribution in [-0.2, 0) is 0 Å². The molecule has 100 valence electrons. The van der Waals surface area contributed by atoms with Crippen LogP contribution in [0.25, 0.3) is 0 Å². The quantitative estimate of drug-likeness (QED) is 0.455. The number of nitro groups is 1. The first-order valence-electron chi connectivity index (χ1n) is 5.89. The van der Waals surface area contributed by atoms with Crippen LogP contribution in [-0.4, -0.2) is 23.1 Å². The lowest BCUT2D eigenvalue weighted by atomic mass is 10.1. The number of halogens is 1. The summed E-state index contributed by atoms with van der Waals surface area (Å²) in [4.78, 5) is 10.2. The van der Waals surface area contributed by atoms with Crippen molar-refractivity contribution in [3.05, 3.63) is 38.9 Å². The van der Waals surface area contributed by atoms with Crippen LogP contribution in [0.5, 0.6) is 0 Å². The lowest BCUT2D eigenvalue weighted by molar-refractivity contribution is -0.384. The Bertz CT molecular complexity index is 412. The molecule has 6 heteroatoms. The van der Waals surface area contributed by atoms with Crippen LogP contribution in [0.4, 0.5) is 5.69 Å². The minimum Gasteiger partial charge on any atom is -0.387 e. The van der Waals surface area contributed by atoms with E-state index in [-0.39, 0.29) is 10.7 Å². The minimum absolute atomic E-state index is 0.0786. The van der Waals surface area contributed by atoms with E-state index in [9.17, 15) is 15.2 Å². The highest BCUT2D eigenvalue weighted by Crippen LogP contribution is 2.27. The van der Waals surface area contributed by atoms with Gasteiger partial charge < -0.3 is 10.4 Å². The zero-order valence-corrected chi connectivity index (χ0v) is 11.0. The van der Waals surface area contributed by atoms with Crippen molar-refractivity contribution in [2.75, 3.05) is 13.1 Å². The summed E-state index contributed by atoms with van der Waals surface area (Å²) >= 11 is 5.70. The maximum atomic E-state index is 10.7. The van der Waals surface area contributed by atoms with Gasteiger partial charge in [-0.05, 0) is 24.6 Å². The zero-order chi connectivity index (χ0) is 13.5. The molecule has 0 radical (unpaired) electrons. The van der Waals surface area contributed by atoms with E-state index in [1.165, 1.54) is 12.1 Å². The molecule has 1 atom stereocenters. The van der Waals surface area contributed by atoms with Crippen molar-refractivity contribution in [2.45, 2.75) is 25.9 Å². The van der Waals surface area contributed by atoms with E-state index in [0.717, 1.165) is 19.4 Å². The molecule has 0 aliphatic carbocycles. The summed E-state index contributed by atoms with van der Waals surface area (Å²) in [5, 5.41) is 23.8. The molecule has 0 saturated carbocycles. The number of aliphatic hydroxyl groups is 1. The van der Waals surface area contributed by atoms with Gasteiger partial charge in [-0.15, -0.1) is 0 Å². The molecule has 5 nitrogen and oxygen atoms in total. The van der Waals surface area contributed by atoms with Gasteiger partial charge >= 0.3 is 0 Å². The number of nitrogens with zero attached hydrogens (tertiary/aromatic N) is 1. The van der Waals surface area contributed by atoms with Gasteiger partial charge in [0.1, 0.15) is 5.02 Å². The Morgan fingerprint density at radius 3 is 2.89 bits per heavy atom. The molecule has 0 spiro atoms. The third-order valence-electron chi connectivity index (χ3n) is 2.60. The van der Waals surface area contributed by atoms with E-state index in [1.807, 2.05) is 0 Å². The fourth-order valence-electron chi connectivity index (χ4n) is 1.54. The first kappa shape index (κ1) is 14.9. The summed E-state index contributed by atoms with van der Waals surface area (Å²) in [6.07, 6.45) is 1.35. The predicted octanol–water partition coefficient (Wildman–Crippen LogP) is 2.67. The minimum atomic E-state index is -0.766. The maximum Gasteiger partial charge on any atom is 0.288 e. The first-order valence-corrected chi connectivity index (χ1v) is 6.26. The molecule has 1 rings (SSSR count). The van der Waals surface area contributed by atoms with Gasteiger partial charge in [0, 0.05) is 12.6 Å². The number of unbranched alkanes of at least 4 members (excludes halogenated alkanes) is 1. The van der Waals surface area contributed by atoms with Crippen LogP contribution >= 0.6 is 11.6 Å². The molecular weight excluding hydrogens is 256 g/mol. The van der Waals surface area contributed by atoms with Crippen molar-refractivity contribution in [2.24, 2.45) is 0 Å². The van der Waals surface area contributed by atoms with Gasteiger partial charge in [0.25, 0.3) is 5.69 Å². The van der Waals surface area contributed by atoms with Gasteiger partial charge in [0.15, 0.2) is 0 Å². The lowest BCUT2D eigenvalue weighted by Gasteiger charge is -2.12. The molecular formula is C12H17ClN2O3. The molecule has 1 aromatic rings. The first-order chi connectivity index (χ1) is 8.56. The highest BCUT2D eigenvalue weighted by atomic mass is 35.5. The Hall–Kier alpha value is -1.17. The number of hydrogen-bond donors (Lipinski definition) is 2. The van der Waals surface area contributed by atoms with Gasteiger partial charge in [-0.2, -0.15) is 0 Å². The molecule has 2 N–H and O–H groups in total. The largest absolute Gasteiger partial charge is 0.387 e. The van der Waals surface area contributed by atoms with Gasteiger partial charge in [-0.25, -0.2) is 0 Å². The second kappa shape index (κ2) is 7.31. The fraction of sp³-hybridized carbons (Fsp3) is 0.500. The third-order valence-corrected chi connectivity index (χ3v) is 2.92. The fourth-order valence-corrected chi connectivity index (χ4v) is 1.72. The van der Waals surface area contributed by atoms with Crippen molar-refractivity contribution in [3.63, 3.8) is 0 Å². The Kier molecular flexibility index (Phi) is 6.04. The van der Waals surface area contributed by atoms with Crippen molar-refractivity contribution >= 4 is 17.3 Å². The summed E-state index contributed by atoms with van der Waals surface area (Å²) in [6, 6.07) is 4.35. The molecule has 0 bridgehead atoms. The number of nitrogens with one attached hydrogen (secondary N) is 1. The monoisotopic (exact) mass is 272 g/mol. The Morgan fingerprint density at radius 1 is 1.56 bits per heavy atom. The van der Waals surface area contributed by atoms with E-state index in [4.69, 9.17) is 11.6 Å². The summed E-state index contributed by atoms with van der Waals surface area (Å²) in [5.74, 6) is 0. The molecule has 1 aromatic carbocycles. The van der Waals surface area contributed by atoms with Gasteiger partial charge in [-0.1, -0.05) is 31.0 Å². The Balaban J connectivity index is 2.65. The van der Waals surface area contributed by atoms with Gasteiger partial charge in [0.05, 0.1) is 11.0 Å². The van der Waals surface area contributed by atoms with Gasteiger partial charge in [-0.3, -0.25) is 10.1 Å². The molecule has 0 amide bonds. The lowest BCUT2D eigenvalue weighted by Crippen LogP contribution is -2.22. The standard InChI is InChI=1S/C12H17ClN2O3/c1-2-3-6-14-8-12(16)9-4-5-10(13)11(7-9)15(17)18/h4-5,7,12,14,16H,2-3,6,8H2,1H3. The maximum absolute atomic E-state index is 10.7. The van der Waals surface area contributed by atoms with Crippen LogP contribution in [0.2, 0.25) is 5.02 Å². The van der Waals surface area contributed by atoms with Crippen molar-refractivity contribution in [1.82, 2.24) is 5.32 Å². The molecule has 1 unspecified atom stereocenters. The second-order valence-corrected chi connectivity index (χ2v) is 4.45. The van der Waals surface area contributed by atoms with Crippen LogP contribution in [0.15, 0.2) is 18.2 Å². The number of benzene rings is 1. The van der Waals surface area contributed by atoms with Crippen LogP contribution in [0.3, 0.4) is 0 Å². The molecule has 0 aromatic heterocycles. The molecule has 0 fully saturated rings. The van der Waals surface area contributed by atoms with E-state index >= 15 is 0 Å². The van der Waals surface area contributed by atoms with Crippen molar-refractivity contribution in [3.8, 4) is 0 Å². The summed E-state index contributed by atoms with van der Waals surface area (Å²) in [5.41, 5.74) is 0.317. The average molecular weight is 273 g/mol. The van der Waals surface area contributed by atoms with E-state index in [2.05, 4.69) is 12.2 Å². The topological polar surface area (TPSA) is 75.4 Å². The van der Waals surface area contributed by atoms with E-state index < -0.39 is 11.0 Å². The van der Waals surface area contributed by atoms with Crippen molar-refractivity contribution < 1.29 is 10.0 Å². The Labute approximate surface area is 111 Å². The summed E-state index contributed by atoms with van der Waals surface area (Å²) in [7, 11) is 0.